The van der Waals surface area contributed by atoms with E-state index in [1.807, 2.05) is 6.92 Å². The van der Waals surface area contributed by atoms with Gasteiger partial charge in [0.25, 0.3) is 0 Å². The molecule has 4 atom stereocenters. The Morgan fingerprint density at radius 1 is 1.09 bits per heavy atom. The van der Waals surface area contributed by atoms with E-state index in [2.05, 4.69) is 25.7 Å². The molecule has 0 spiro atoms. The van der Waals surface area contributed by atoms with E-state index in [1.54, 1.807) is 6.07 Å². The SMILES string of the molecule is C#Cc1nc(-c2cc(O)cc3ccc(F)c(CC)c23)c(F)c2nc(OC[C@@]34CCCN3C[C@H](F)C4)nc(N3CC4CCC(C4)C3)c12. The molecule has 1 N–H and O–H groups in total. The number of terminal acetylenes is 1. The molecule has 0 radical (unpaired) electrons. The summed E-state index contributed by atoms with van der Waals surface area (Å²) in [7, 11) is 0. The highest BCUT2D eigenvalue weighted by molar-refractivity contribution is 6.03. The number of benzene rings is 2. The molecule has 10 heteroatoms. The lowest BCUT2D eigenvalue weighted by atomic mass is 9.94. The number of phenolic OH excluding ortho intramolecular Hbond substituents is 1. The number of aryl methyl sites for hydroxylation is 1. The van der Waals surface area contributed by atoms with E-state index in [1.165, 1.54) is 18.2 Å². The van der Waals surface area contributed by atoms with E-state index >= 15 is 8.78 Å². The minimum absolute atomic E-state index is 0.00373. The Hall–Kier alpha value is -4.10. The van der Waals surface area contributed by atoms with Gasteiger partial charge in [0, 0.05) is 31.6 Å². The lowest BCUT2D eigenvalue weighted by molar-refractivity contribution is 0.107. The van der Waals surface area contributed by atoms with Gasteiger partial charge in [0.05, 0.1) is 10.9 Å². The largest absolute Gasteiger partial charge is 0.508 e. The second kappa shape index (κ2) is 11.0. The molecule has 2 unspecified atom stereocenters. The van der Waals surface area contributed by atoms with Gasteiger partial charge in [-0.25, -0.2) is 18.2 Å². The molecule has 1 aliphatic carbocycles. The average molecular weight is 628 g/mol. The minimum Gasteiger partial charge on any atom is -0.508 e. The number of fused-ring (bicyclic) bond motifs is 5. The highest BCUT2D eigenvalue weighted by atomic mass is 19.1. The van der Waals surface area contributed by atoms with Crippen molar-refractivity contribution < 1.29 is 23.0 Å². The Morgan fingerprint density at radius 3 is 2.65 bits per heavy atom. The van der Waals surface area contributed by atoms with E-state index < -0.39 is 23.3 Å². The molecule has 2 aromatic carbocycles. The van der Waals surface area contributed by atoms with Crippen LogP contribution in [-0.4, -0.2) is 69.5 Å². The highest BCUT2D eigenvalue weighted by Crippen LogP contribution is 2.44. The highest BCUT2D eigenvalue weighted by Gasteiger charge is 2.49. The number of aromatic hydroxyl groups is 1. The van der Waals surface area contributed by atoms with Gasteiger partial charge in [0.1, 0.15) is 47.1 Å². The Morgan fingerprint density at radius 2 is 1.89 bits per heavy atom. The summed E-state index contributed by atoms with van der Waals surface area (Å²) >= 11 is 0. The van der Waals surface area contributed by atoms with Crippen LogP contribution >= 0.6 is 0 Å². The molecule has 2 aromatic heterocycles. The molecular weight excluding hydrogens is 591 g/mol. The third kappa shape index (κ3) is 4.65. The maximum absolute atomic E-state index is 17.0. The van der Waals surface area contributed by atoms with Gasteiger partial charge in [0.2, 0.25) is 0 Å². The fraction of sp³-hybridized carbons (Fsp3) is 0.472. The van der Waals surface area contributed by atoms with Crippen LogP contribution in [0, 0.1) is 35.8 Å². The molecule has 4 aliphatic rings. The number of phenols is 1. The fourth-order valence-corrected chi connectivity index (χ4v) is 8.77. The number of piperidine rings is 1. The van der Waals surface area contributed by atoms with Crippen molar-refractivity contribution in [2.45, 2.75) is 63.6 Å². The van der Waals surface area contributed by atoms with Crippen LogP contribution in [0.3, 0.4) is 0 Å². The van der Waals surface area contributed by atoms with Crippen molar-refractivity contribution in [3.63, 3.8) is 0 Å². The van der Waals surface area contributed by atoms with E-state index in [0.29, 0.717) is 58.8 Å². The second-order valence-corrected chi connectivity index (χ2v) is 13.6. The van der Waals surface area contributed by atoms with Gasteiger partial charge in [-0.3, -0.25) is 4.90 Å². The molecule has 3 aliphatic heterocycles. The third-order valence-electron chi connectivity index (χ3n) is 10.8. The number of hydrogen-bond donors (Lipinski definition) is 1. The predicted octanol–water partition coefficient (Wildman–Crippen LogP) is 6.56. The Bertz CT molecular complexity index is 1920. The molecule has 4 aromatic rings. The van der Waals surface area contributed by atoms with E-state index in [0.717, 1.165) is 51.7 Å². The molecule has 7 nitrogen and oxygen atoms in total. The van der Waals surface area contributed by atoms with Crippen LogP contribution in [0.4, 0.5) is 19.0 Å². The Labute approximate surface area is 265 Å². The zero-order valence-corrected chi connectivity index (χ0v) is 25.8. The quantitative estimate of drug-likeness (QED) is 0.243. The monoisotopic (exact) mass is 627 g/mol. The molecule has 46 heavy (non-hydrogen) atoms. The maximum atomic E-state index is 17.0. The lowest BCUT2D eigenvalue weighted by Crippen LogP contribution is -2.43. The Balaban J connectivity index is 1.32. The first-order valence-electron chi connectivity index (χ1n) is 16.4. The first-order chi connectivity index (χ1) is 22.3. The summed E-state index contributed by atoms with van der Waals surface area (Å²) in [5, 5.41) is 12.0. The molecule has 3 saturated heterocycles. The lowest BCUT2D eigenvalue weighted by Gasteiger charge is -2.34. The number of pyridine rings is 1. The van der Waals surface area contributed by atoms with Crippen molar-refractivity contribution in [2.24, 2.45) is 11.8 Å². The van der Waals surface area contributed by atoms with Crippen LogP contribution in [0.15, 0.2) is 24.3 Å². The zero-order chi connectivity index (χ0) is 31.7. The molecule has 8 rings (SSSR count). The van der Waals surface area contributed by atoms with Crippen LogP contribution in [0.1, 0.15) is 56.7 Å². The smallest absolute Gasteiger partial charge is 0.319 e. The van der Waals surface area contributed by atoms with Crippen molar-refractivity contribution >= 4 is 27.5 Å². The molecular formula is C36H36F3N5O2. The summed E-state index contributed by atoms with van der Waals surface area (Å²) in [6.45, 7) is 4.73. The summed E-state index contributed by atoms with van der Waals surface area (Å²) in [5.41, 5.74) is 0.157. The number of ether oxygens (including phenoxy) is 1. The van der Waals surface area contributed by atoms with Crippen molar-refractivity contribution in [3.05, 3.63) is 47.2 Å². The Kier molecular flexibility index (Phi) is 7.02. The van der Waals surface area contributed by atoms with Crippen LogP contribution in [0.25, 0.3) is 32.9 Å². The van der Waals surface area contributed by atoms with E-state index in [4.69, 9.17) is 16.1 Å². The molecule has 4 fully saturated rings. The molecule has 5 heterocycles. The topological polar surface area (TPSA) is 74.6 Å². The van der Waals surface area contributed by atoms with Gasteiger partial charge in [-0.1, -0.05) is 13.0 Å². The van der Waals surface area contributed by atoms with Crippen molar-refractivity contribution in [2.75, 3.05) is 37.7 Å². The van der Waals surface area contributed by atoms with Crippen molar-refractivity contribution in [1.29, 1.82) is 0 Å². The van der Waals surface area contributed by atoms with Crippen molar-refractivity contribution in [3.8, 4) is 35.4 Å². The first-order valence-corrected chi connectivity index (χ1v) is 16.4. The second-order valence-electron chi connectivity index (χ2n) is 13.6. The molecule has 0 amide bonds. The summed E-state index contributed by atoms with van der Waals surface area (Å²) in [4.78, 5) is 18.4. The van der Waals surface area contributed by atoms with Gasteiger partial charge in [0.15, 0.2) is 5.82 Å². The van der Waals surface area contributed by atoms with Gasteiger partial charge in [-0.05, 0) is 97.4 Å². The van der Waals surface area contributed by atoms with Crippen molar-refractivity contribution in [1.82, 2.24) is 19.9 Å². The average Bonchev–Trinajstić information content (AvgIpc) is 3.70. The zero-order valence-electron chi connectivity index (χ0n) is 25.8. The minimum atomic E-state index is -0.917. The molecule has 2 bridgehead atoms. The summed E-state index contributed by atoms with van der Waals surface area (Å²) in [6.07, 6.45) is 11.1. The van der Waals surface area contributed by atoms with Crippen LogP contribution < -0.4 is 9.64 Å². The van der Waals surface area contributed by atoms with Crippen LogP contribution in [0.5, 0.6) is 11.8 Å². The predicted molar refractivity (Wildman–Crippen MR) is 171 cm³/mol. The standard InChI is InChI=1S/C36H36F3N5O2/c1-3-25-27(38)9-8-22-13-24(45)14-26(29(22)25)32-31(39)33-30(28(4-2)40-32)34(43-16-20-6-7-21(12-20)17-43)42-35(41-33)46-19-36-10-5-11-44(36)18-23(37)15-36/h2,8-9,13-14,20-21,23,45H,3,5-7,10-12,15-19H2,1H3/t20?,21?,23-,36+/m1/s1. The summed E-state index contributed by atoms with van der Waals surface area (Å²) in [5.74, 6) is 2.85. The van der Waals surface area contributed by atoms with Crippen LogP contribution in [0.2, 0.25) is 0 Å². The number of rotatable bonds is 6. The fourth-order valence-electron chi connectivity index (χ4n) is 8.77. The normalized spacial score (nSPS) is 25.8. The number of halogens is 3. The third-order valence-corrected chi connectivity index (χ3v) is 10.8. The summed E-state index contributed by atoms with van der Waals surface area (Å²) < 4.78 is 52.9. The number of hydrogen-bond acceptors (Lipinski definition) is 7. The number of alkyl halides is 1. The summed E-state index contributed by atoms with van der Waals surface area (Å²) in [6, 6.07) is 5.82. The number of nitrogens with zero attached hydrogens (tertiary/aromatic N) is 5. The first kappa shape index (κ1) is 29.3. The van der Waals surface area contributed by atoms with Gasteiger partial charge in [-0.15, -0.1) is 6.42 Å². The number of aromatic nitrogens is 3. The van der Waals surface area contributed by atoms with Gasteiger partial charge in [-0.2, -0.15) is 9.97 Å². The van der Waals surface area contributed by atoms with Crippen LogP contribution in [-0.2, 0) is 6.42 Å². The molecule has 1 saturated carbocycles. The van der Waals surface area contributed by atoms with Gasteiger partial charge < -0.3 is 14.7 Å². The maximum Gasteiger partial charge on any atom is 0.319 e. The number of anilines is 1. The van der Waals surface area contributed by atoms with E-state index in [-0.39, 0.29) is 40.8 Å². The van der Waals surface area contributed by atoms with Gasteiger partial charge >= 0.3 is 6.01 Å². The molecule has 238 valence electrons. The van der Waals surface area contributed by atoms with E-state index in [9.17, 15) is 9.50 Å².